The summed E-state index contributed by atoms with van der Waals surface area (Å²) >= 11 is 0. The predicted molar refractivity (Wildman–Crippen MR) is 115 cm³/mol. The summed E-state index contributed by atoms with van der Waals surface area (Å²) in [5, 5.41) is 14.3. The molecule has 1 aromatic heterocycles. The fourth-order valence-corrected chi connectivity index (χ4v) is 3.44. The van der Waals surface area contributed by atoms with Crippen molar-refractivity contribution >= 4 is 17.3 Å². The number of hydrogen-bond acceptors (Lipinski definition) is 7. The van der Waals surface area contributed by atoms with Crippen LogP contribution in [0.2, 0.25) is 0 Å². The van der Waals surface area contributed by atoms with Gasteiger partial charge in [0.15, 0.2) is 0 Å². The predicted octanol–water partition coefficient (Wildman–Crippen LogP) is 3.68. The Morgan fingerprint density at radius 1 is 1.10 bits per heavy atom. The maximum absolute atomic E-state index is 13.7. The highest BCUT2D eigenvalue weighted by atomic mass is 19.3. The molecule has 1 atom stereocenters. The number of piperidine rings is 1. The molecule has 1 unspecified atom stereocenters. The minimum absolute atomic E-state index is 0.0855. The number of halogens is 2. The van der Waals surface area contributed by atoms with Crippen LogP contribution in [0.3, 0.4) is 0 Å². The Hall–Kier alpha value is -3.59. The second kappa shape index (κ2) is 8.65. The highest BCUT2D eigenvalue weighted by Crippen LogP contribution is 2.28. The van der Waals surface area contributed by atoms with Crippen molar-refractivity contribution in [3.05, 3.63) is 72.1 Å². The van der Waals surface area contributed by atoms with E-state index in [4.69, 9.17) is 15.9 Å². The minimum atomic E-state index is -2.81. The third-order valence-corrected chi connectivity index (χ3v) is 4.91. The second-order valence-corrected chi connectivity index (χ2v) is 7.33. The summed E-state index contributed by atoms with van der Waals surface area (Å²) in [7, 11) is 0. The van der Waals surface area contributed by atoms with E-state index in [1.54, 1.807) is 24.3 Å². The molecular weight excluding hydrogens is 402 g/mol. The van der Waals surface area contributed by atoms with Gasteiger partial charge in [-0.2, -0.15) is 0 Å². The van der Waals surface area contributed by atoms with Crippen LogP contribution in [-0.2, 0) is 0 Å². The highest BCUT2D eigenvalue weighted by molar-refractivity contribution is 6.16. The van der Waals surface area contributed by atoms with E-state index < -0.39 is 12.0 Å². The van der Waals surface area contributed by atoms with Crippen LogP contribution < -0.4 is 21.1 Å². The number of nitrogens with two attached hydrogens (primary N) is 1. The number of alkyl halides is 2. The van der Waals surface area contributed by atoms with Gasteiger partial charge in [-0.05, 0) is 36.4 Å². The molecule has 0 amide bonds. The normalized spacial score (nSPS) is 17.7. The van der Waals surface area contributed by atoms with Crippen molar-refractivity contribution in [1.82, 2.24) is 15.3 Å². The number of aromatic nitrogens is 2. The fourth-order valence-electron chi connectivity index (χ4n) is 3.44. The lowest BCUT2D eigenvalue weighted by Gasteiger charge is -2.31. The lowest BCUT2D eigenvalue weighted by atomic mass is 10.0. The molecule has 9 heteroatoms. The summed E-state index contributed by atoms with van der Waals surface area (Å²) in [5.41, 5.74) is 6.95. The Kier molecular flexibility index (Phi) is 5.77. The molecule has 1 saturated heterocycles. The topological polar surface area (TPSA) is 109 Å². The van der Waals surface area contributed by atoms with Crippen molar-refractivity contribution in [2.45, 2.75) is 18.4 Å². The summed E-state index contributed by atoms with van der Waals surface area (Å²) in [4.78, 5) is 8.14. The van der Waals surface area contributed by atoms with Gasteiger partial charge in [0.05, 0.1) is 17.8 Å². The summed E-state index contributed by atoms with van der Waals surface area (Å²) in [6.45, 7) is 0.00889. The van der Waals surface area contributed by atoms with Gasteiger partial charge in [0, 0.05) is 24.6 Å². The van der Waals surface area contributed by atoms with Crippen LogP contribution in [-0.4, -0.2) is 40.7 Å². The van der Waals surface area contributed by atoms with Gasteiger partial charge in [-0.25, -0.2) is 18.7 Å². The summed E-state index contributed by atoms with van der Waals surface area (Å²) < 4.78 is 33.3. The first kappa shape index (κ1) is 20.7. The fraction of sp³-hybridized carbons (Fsp3) is 0.227. The Balaban J connectivity index is 1.54. The molecule has 160 valence electrons. The number of hydrogen-bond donors (Lipinski definition) is 4. The molecule has 1 aliphatic rings. The molecular formula is C22H22F2N6O. The summed E-state index contributed by atoms with van der Waals surface area (Å²) in [6, 6.07) is 15.8. The first-order valence-corrected chi connectivity index (χ1v) is 9.79. The molecule has 2 heterocycles. The Morgan fingerprint density at radius 2 is 1.81 bits per heavy atom. The first-order valence-electron chi connectivity index (χ1n) is 9.79. The Bertz CT molecular complexity index is 1060. The molecule has 5 N–H and O–H groups in total. The van der Waals surface area contributed by atoms with Crippen LogP contribution in [0.5, 0.6) is 11.5 Å². The van der Waals surface area contributed by atoms with Gasteiger partial charge in [-0.15, -0.1) is 0 Å². The van der Waals surface area contributed by atoms with Gasteiger partial charge in [0.25, 0.3) is 5.92 Å². The number of nitrogens with zero attached hydrogens (tertiary/aromatic N) is 2. The SMILES string of the molecule is N=C(c1ccc(Oc2ccccc2)cc1)c1c(N)ncnc1NC1CNCC(F)(F)C1. The smallest absolute Gasteiger partial charge is 0.262 e. The lowest BCUT2D eigenvalue weighted by molar-refractivity contribution is -0.0244. The number of anilines is 2. The molecule has 0 saturated carbocycles. The third-order valence-electron chi connectivity index (χ3n) is 4.91. The van der Waals surface area contributed by atoms with Crippen LogP contribution in [0.15, 0.2) is 60.9 Å². The standard InChI is InChI=1S/C22H22F2N6O/c23-22(24)10-15(11-27-12-22)30-21-18(20(26)28-13-29-21)19(25)14-6-8-17(9-7-14)31-16-4-2-1-3-5-16/h1-9,13,15,25,27H,10-12H2,(H3,26,28,29,30). The van der Waals surface area contributed by atoms with E-state index in [0.29, 0.717) is 23.6 Å². The molecule has 0 radical (unpaired) electrons. The van der Waals surface area contributed by atoms with Gasteiger partial charge in [-0.1, -0.05) is 18.2 Å². The maximum Gasteiger partial charge on any atom is 0.262 e. The number of benzene rings is 2. The molecule has 31 heavy (non-hydrogen) atoms. The maximum atomic E-state index is 13.7. The zero-order valence-electron chi connectivity index (χ0n) is 16.6. The van der Waals surface area contributed by atoms with E-state index in [9.17, 15) is 8.78 Å². The van der Waals surface area contributed by atoms with E-state index in [-0.39, 0.29) is 35.9 Å². The van der Waals surface area contributed by atoms with E-state index in [2.05, 4.69) is 20.6 Å². The molecule has 2 aromatic carbocycles. The zero-order valence-corrected chi connectivity index (χ0v) is 16.6. The van der Waals surface area contributed by atoms with Crippen LogP contribution in [0.25, 0.3) is 0 Å². The van der Waals surface area contributed by atoms with Crippen molar-refractivity contribution in [1.29, 1.82) is 5.41 Å². The van der Waals surface area contributed by atoms with Crippen molar-refractivity contribution in [2.24, 2.45) is 0 Å². The van der Waals surface area contributed by atoms with Crippen molar-refractivity contribution in [3.8, 4) is 11.5 Å². The highest BCUT2D eigenvalue weighted by Gasteiger charge is 2.36. The molecule has 4 rings (SSSR count). The molecule has 0 aliphatic carbocycles. The molecule has 0 spiro atoms. The van der Waals surface area contributed by atoms with Gasteiger partial charge < -0.3 is 21.1 Å². The van der Waals surface area contributed by atoms with Crippen molar-refractivity contribution in [3.63, 3.8) is 0 Å². The lowest BCUT2D eigenvalue weighted by Crippen LogP contribution is -2.49. The quantitative estimate of drug-likeness (QED) is 0.450. The third kappa shape index (κ3) is 4.95. The van der Waals surface area contributed by atoms with Crippen LogP contribution >= 0.6 is 0 Å². The molecule has 1 fully saturated rings. The Labute approximate surface area is 178 Å². The summed E-state index contributed by atoms with van der Waals surface area (Å²) in [6.07, 6.45) is 0.918. The largest absolute Gasteiger partial charge is 0.457 e. The van der Waals surface area contributed by atoms with Gasteiger partial charge in [0.2, 0.25) is 0 Å². The average molecular weight is 424 g/mol. The van der Waals surface area contributed by atoms with Crippen LogP contribution in [0, 0.1) is 5.41 Å². The molecule has 1 aliphatic heterocycles. The average Bonchev–Trinajstić information content (AvgIpc) is 2.74. The van der Waals surface area contributed by atoms with Gasteiger partial charge in [0.1, 0.15) is 29.5 Å². The summed E-state index contributed by atoms with van der Waals surface area (Å²) in [5.74, 6) is -1.13. The molecule has 3 aromatic rings. The Morgan fingerprint density at radius 3 is 2.52 bits per heavy atom. The second-order valence-electron chi connectivity index (χ2n) is 7.33. The first-order chi connectivity index (χ1) is 14.9. The zero-order chi connectivity index (χ0) is 21.8. The van der Waals surface area contributed by atoms with E-state index >= 15 is 0 Å². The van der Waals surface area contributed by atoms with Crippen molar-refractivity contribution < 1.29 is 13.5 Å². The van der Waals surface area contributed by atoms with Gasteiger partial charge >= 0.3 is 0 Å². The number of nitrogen functional groups attached to an aromatic ring is 1. The minimum Gasteiger partial charge on any atom is -0.457 e. The van der Waals surface area contributed by atoms with Crippen LogP contribution in [0.4, 0.5) is 20.4 Å². The number of nitrogens with one attached hydrogen (secondary N) is 3. The van der Waals surface area contributed by atoms with E-state index in [0.717, 1.165) is 0 Å². The van der Waals surface area contributed by atoms with Crippen molar-refractivity contribution in [2.75, 3.05) is 24.1 Å². The molecule has 7 nitrogen and oxygen atoms in total. The monoisotopic (exact) mass is 424 g/mol. The van der Waals surface area contributed by atoms with E-state index in [1.165, 1.54) is 6.33 Å². The molecule has 0 bridgehead atoms. The number of para-hydroxylation sites is 1. The van der Waals surface area contributed by atoms with Gasteiger partial charge in [-0.3, -0.25) is 5.41 Å². The number of rotatable bonds is 6. The number of ether oxygens (including phenoxy) is 1. The van der Waals surface area contributed by atoms with Crippen LogP contribution in [0.1, 0.15) is 17.5 Å². The van der Waals surface area contributed by atoms with E-state index in [1.807, 2.05) is 30.3 Å².